The van der Waals surface area contributed by atoms with Crippen molar-refractivity contribution in [3.8, 4) is 0 Å². The maximum absolute atomic E-state index is 12.1. The molecule has 0 bridgehead atoms. The normalized spacial score (nSPS) is 12.2. The third kappa shape index (κ3) is 5.17. The second kappa shape index (κ2) is 7.97. The largest absolute Gasteiger partial charge is 0.348 e. The van der Waals surface area contributed by atoms with Gasteiger partial charge in [-0.05, 0) is 37.2 Å². The molecule has 0 fully saturated rings. The summed E-state index contributed by atoms with van der Waals surface area (Å²) in [4.78, 5) is 14.1. The summed E-state index contributed by atoms with van der Waals surface area (Å²) in [7, 11) is 1.92. The van der Waals surface area contributed by atoms with E-state index in [9.17, 15) is 4.79 Å². The van der Waals surface area contributed by atoms with Gasteiger partial charge >= 0.3 is 0 Å². The highest BCUT2D eigenvalue weighted by Crippen LogP contribution is 2.13. The van der Waals surface area contributed by atoms with E-state index >= 15 is 0 Å². The molecule has 0 aliphatic rings. The fourth-order valence-corrected chi connectivity index (χ4v) is 2.57. The summed E-state index contributed by atoms with van der Waals surface area (Å²) in [5.74, 6) is 0.0147. The maximum Gasteiger partial charge on any atom is 0.234 e. The number of carbonyl (C=O) groups is 1. The second-order valence-electron chi connectivity index (χ2n) is 5.50. The lowest BCUT2D eigenvalue weighted by Crippen LogP contribution is -2.36. The van der Waals surface area contributed by atoms with Crippen molar-refractivity contribution in [2.75, 3.05) is 13.6 Å². The van der Waals surface area contributed by atoms with Crippen LogP contribution >= 0.6 is 11.6 Å². The monoisotopic (exact) mass is 316 g/mol. The van der Waals surface area contributed by atoms with E-state index in [-0.39, 0.29) is 11.9 Å². The molecular weight excluding hydrogens is 296 g/mol. The van der Waals surface area contributed by atoms with E-state index in [1.807, 2.05) is 73.5 Å². The zero-order chi connectivity index (χ0) is 15.9. The first-order valence-corrected chi connectivity index (χ1v) is 7.69. The van der Waals surface area contributed by atoms with Crippen molar-refractivity contribution in [2.45, 2.75) is 19.5 Å². The number of carbonyl (C=O) groups excluding carboxylic acids is 1. The molecule has 4 heteroatoms. The van der Waals surface area contributed by atoms with Crippen LogP contribution in [0, 0.1) is 0 Å². The van der Waals surface area contributed by atoms with Crippen molar-refractivity contribution in [3.63, 3.8) is 0 Å². The Morgan fingerprint density at radius 1 is 1.18 bits per heavy atom. The minimum atomic E-state index is 0.00766. The van der Waals surface area contributed by atoms with Crippen LogP contribution in [0.5, 0.6) is 0 Å². The average Bonchev–Trinajstić information content (AvgIpc) is 2.47. The molecule has 1 N–H and O–H groups in total. The van der Waals surface area contributed by atoms with E-state index in [2.05, 4.69) is 5.32 Å². The molecule has 3 nitrogen and oxygen atoms in total. The molecule has 0 saturated carbocycles. The SMILES string of the molecule is C[C@H](NC(=O)CN(C)Cc1cccc(Cl)c1)c1ccccc1. The Bertz CT molecular complexity index is 615. The molecule has 22 heavy (non-hydrogen) atoms. The lowest BCUT2D eigenvalue weighted by Gasteiger charge is -2.19. The van der Waals surface area contributed by atoms with Gasteiger partial charge in [0.05, 0.1) is 12.6 Å². The predicted octanol–water partition coefficient (Wildman–Crippen LogP) is 3.65. The molecule has 0 heterocycles. The highest BCUT2D eigenvalue weighted by molar-refractivity contribution is 6.30. The third-order valence-electron chi connectivity index (χ3n) is 3.43. The average molecular weight is 317 g/mol. The predicted molar refractivity (Wildman–Crippen MR) is 90.8 cm³/mol. The van der Waals surface area contributed by atoms with Crippen molar-refractivity contribution in [1.29, 1.82) is 0 Å². The number of nitrogens with zero attached hydrogens (tertiary/aromatic N) is 1. The summed E-state index contributed by atoms with van der Waals surface area (Å²) < 4.78 is 0. The fourth-order valence-electron chi connectivity index (χ4n) is 2.36. The van der Waals surface area contributed by atoms with Gasteiger partial charge in [0, 0.05) is 11.6 Å². The van der Waals surface area contributed by atoms with Gasteiger partial charge < -0.3 is 5.32 Å². The Hall–Kier alpha value is -1.84. The summed E-state index contributed by atoms with van der Waals surface area (Å²) in [6.45, 7) is 3.03. The van der Waals surface area contributed by atoms with Gasteiger partial charge in [-0.15, -0.1) is 0 Å². The Morgan fingerprint density at radius 3 is 2.59 bits per heavy atom. The van der Waals surface area contributed by atoms with Crippen LogP contribution in [-0.2, 0) is 11.3 Å². The van der Waals surface area contributed by atoms with Gasteiger partial charge in [0.15, 0.2) is 0 Å². The first-order valence-electron chi connectivity index (χ1n) is 7.32. The van der Waals surface area contributed by atoms with Crippen molar-refractivity contribution in [1.82, 2.24) is 10.2 Å². The summed E-state index contributed by atoms with van der Waals surface area (Å²) >= 11 is 5.97. The van der Waals surface area contributed by atoms with Crippen LogP contribution in [0.2, 0.25) is 5.02 Å². The van der Waals surface area contributed by atoms with E-state index in [1.165, 1.54) is 0 Å². The molecule has 0 spiro atoms. The topological polar surface area (TPSA) is 32.3 Å². The van der Waals surface area contributed by atoms with Crippen LogP contribution in [0.1, 0.15) is 24.1 Å². The van der Waals surface area contributed by atoms with Gasteiger partial charge in [0.1, 0.15) is 0 Å². The number of likely N-dealkylation sites (N-methyl/N-ethyl adjacent to an activating group) is 1. The summed E-state index contributed by atoms with van der Waals surface area (Å²) in [6.07, 6.45) is 0. The van der Waals surface area contributed by atoms with Gasteiger partial charge in [-0.3, -0.25) is 9.69 Å². The van der Waals surface area contributed by atoms with Crippen LogP contribution in [0.3, 0.4) is 0 Å². The van der Waals surface area contributed by atoms with E-state index in [0.717, 1.165) is 11.1 Å². The molecule has 2 aromatic rings. The van der Waals surface area contributed by atoms with Gasteiger partial charge in [-0.1, -0.05) is 54.1 Å². The van der Waals surface area contributed by atoms with Crippen molar-refractivity contribution >= 4 is 17.5 Å². The van der Waals surface area contributed by atoms with Crippen LogP contribution < -0.4 is 5.32 Å². The van der Waals surface area contributed by atoms with Crippen molar-refractivity contribution < 1.29 is 4.79 Å². The molecule has 0 aromatic heterocycles. The van der Waals surface area contributed by atoms with Crippen LogP contribution in [-0.4, -0.2) is 24.4 Å². The molecule has 2 aromatic carbocycles. The lowest BCUT2D eigenvalue weighted by molar-refractivity contribution is -0.122. The van der Waals surface area contributed by atoms with E-state index in [1.54, 1.807) is 0 Å². The molecule has 0 saturated heterocycles. The Morgan fingerprint density at radius 2 is 1.91 bits per heavy atom. The number of halogens is 1. The van der Waals surface area contributed by atoms with E-state index in [0.29, 0.717) is 18.1 Å². The second-order valence-corrected chi connectivity index (χ2v) is 5.94. The standard InChI is InChI=1S/C18H21ClN2O/c1-14(16-8-4-3-5-9-16)20-18(22)13-21(2)12-15-7-6-10-17(19)11-15/h3-11,14H,12-13H2,1-2H3,(H,20,22)/t14-/m0/s1. The molecule has 0 aliphatic carbocycles. The number of rotatable bonds is 6. The molecule has 1 atom stereocenters. The first-order chi connectivity index (χ1) is 10.5. The zero-order valence-corrected chi connectivity index (χ0v) is 13.7. The van der Waals surface area contributed by atoms with Crippen LogP contribution in [0.25, 0.3) is 0 Å². The molecule has 1 amide bonds. The number of hydrogen-bond donors (Lipinski definition) is 1. The first kappa shape index (κ1) is 16.5. The quantitative estimate of drug-likeness (QED) is 0.882. The van der Waals surface area contributed by atoms with Crippen molar-refractivity contribution in [2.24, 2.45) is 0 Å². The smallest absolute Gasteiger partial charge is 0.234 e. The molecule has 2 rings (SSSR count). The Balaban J connectivity index is 1.84. The maximum atomic E-state index is 12.1. The zero-order valence-electron chi connectivity index (χ0n) is 12.9. The lowest BCUT2D eigenvalue weighted by atomic mass is 10.1. The number of hydrogen-bond acceptors (Lipinski definition) is 2. The van der Waals surface area contributed by atoms with Crippen molar-refractivity contribution in [3.05, 3.63) is 70.7 Å². The van der Waals surface area contributed by atoms with Gasteiger partial charge in [0.2, 0.25) is 5.91 Å². The van der Waals surface area contributed by atoms with Gasteiger partial charge in [-0.25, -0.2) is 0 Å². The molecule has 0 unspecified atom stereocenters. The molecule has 116 valence electrons. The van der Waals surface area contributed by atoms with E-state index in [4.69, 9.17) is 11.6 Å². The Kier molecular flexibility index (Phi) is 5.99. The van der Waals surface area contributed by atoms with Crippen LogP contribution in [0.4, 0.5) is 0 Å². The molecular formula is C18H21ClN2O. The van der Waals surface area contributed by atoms with Crippen LogP contribution in [0.15, 0.2) is 54.6 Å². The molecule has 0 radical (unpaired) electrons. The Labute approximate surface area is 136 Å². The fraction of sp³-hybridized carbons (Fsp3) is 0.278. The van der Waals surface area contributed by atoms with E-state index < -0.39 is 0 Å². The van der Waals surface area contributed by atoms with Gasteiger partial charge in [0.25, 0.3) is 0 Å². The number of benzene rings is 2. The summed E-state index contributed by atoms with van der Waals surface area (Å²) in [5, 5.41) is 3.73. The number of amides is 1. The third-order valence-corrected chi connectivity index (χ3v) is 3.67. The van der Waals surface area contributed by atoms with Gasteiger partial charge in [-0.2, -0.15) is 0 Å². The summed E-state index contributed by atoms with van der Waals surface area (Å²) in [6, 6.07) is 17.6. The highest BCUT2D eigenvalue weighted by Gasteiger charge is 2.11. The summed E-state index contributed by atoms with van der Waals surface area (Å²) in [5.41, 5.74) is 2.20. The minimum Gasteiger partial charge on any atom is -0.348 e. The molecule has 0 aliphatic heterocycles. The minimum absolute atomic E-state index is 0.00766. The number of nitrogens with one attached hydrogen (secondary N) is 1. The highest BCUT2D eigenvalue weighted by atomic mass is 35.5.